The zero-order valence-corrected chi connectivity index (χ0v) is 27.3. The molecular weight excluding hydrogens is 612 g/mol. The normalized spacial score (nSPS) is 13.3. The number of nitrogens with zero attached hydrogens (tertiary/aromatic N) is 2. The SMILES string of the molecule is CC(C)(C)OC(=O)NN(Cc1ccccc1)C[C@H](CCc1ccccc1)NC(=O)[C@](O)(CC(N)=O)NC(=O)c1ccc2ccccc2n1. The van der Waals surface area contributed by atoms with Gasteiger partial charge in [0.1, 0.15) is 11.3 Å². The van der Waals surface area contributed by atoms with E-state index in [-0.39, 0.29) is 18.8 Å². The van der Waals surface area contributed by atoms with Gasteiger partial charge in [-0.25, -0.2) is 14.8 Å². The van der Waals surface area contributed by atoms with E-state index in [2.05, 4.69) is 21.0 Å². The first-order valence-corrected chi connectivity index (χ1v) is 15.6. The summed E-state index contributed by atoms with van der Waals surface area (Å²) in [5, 5.41) is 19.0. The summed E-state index contributed by atoms with van der Waals surface area (Å²) in [5.74, 6) is -2.94. The molecule has 0 saturated carbocycles. The minimum absolute atomic E-state index is 0.0689. The lowest BCUT2D eigenvalue weighted by atomic mass is 10.0. The van der Waals surface area contributed by atoms with Crippen molar-refractivity contribution in [1.29, 1.82) is 0 Å². The van der Waals surface area contributed by atoms with E-state index in [0.29, 0.717) is 18.4 Å². The third-order valence-corrected chi connectivity index (χ3v) is 7.22. The van der Waals surface area contributed by atoms with Crippen LogP contribution < -0.4 is 21.8 Å². The molecular formula is C36H42N6O6. The molecule has 0 aliphatic carbocycles. The summed E-state index contributed by atoms with van der Waals surface area (Å²) < 4.78 is 5.48. The third-order valence-electron chi connectivity index (χ3n) is 7.22. The van der Waals surface area contributed by atoms with Gasteiger partial charge in [-0.2, -0.15) is 0 Å². The number of hydrogen-bond acceptors (Lipinski definition) is 8. The summed E-state index contributed by atoms with van der Waals surface area (Å²) in [6.07, 6.45) is -0.692. The highest BCUT2D eigenvalue weighted by Gasteiger charge is 2.41. The molecule has 0 aliphatic heterocycles. The number of carbonyl (C=O) groups excluding carboxylic acids is 4. The summed E-state index contributed by atoms with van der Waals surface area (Å²) in [6, 6.07) is 28.6. The number of para-hydroxylation sites is 1. The number of primary amides is 1. The Morgan fingerprint density at radius 3 is 2.15 bits per heavy atom. The van der Waals surface area contributed by atoms with Crippen molar-refractivity contribution in [3.8, 4) is 0 Å². The van der Waals surface area contributed by atoms with Gasteiger partial charge in [0.15, 0.2) is 0 Å². The highest BCUT2D eigenvalue weighted by atomic mass is 16.6. The monoisotopic (exact) mass is 654 g/mol. The Hall–Kier alpha value is -5.33. The van der Waals surface area contributed by atoms with Gasteiger partial charge >= 0.3 is 6.09 Å². The largest absolute Gasteiger partial charge is 0.443 e. The fourth-order valence-electron chi connectivity index (χ4n) is 5.03. The van der Waals surface area contributed by atoms with Crippen molar-refractivity contribution >= 4 is 34.7 Å². The van der Waals surface area contributed by atoms with Gasteiger partial charge in [-0.15, -0.1) is 0 Å². The average molecular weight is 655 g/mol. The van der Waals surface area contributed by atoms with E-state index in [4.69, 9.17) is 10.5 Å². The van der Waals surface area contributed by atoms with Gasteiger partial charge in [-0.05, 0) is 56.9 Å². The Bertz CT molecular complexity index is 1710. The van der Waals surface area contributed by atoms with Crippen molar-refractivity contribution < 1.29 is 29.0 Å². The molecule has 4 rings (SSSR count). The Balaban J connectivity index is 1.59. The average Bonchev–Trinajstić information content (AvgIpc) is 3.03. The Morgan fingerprint density at radius 2 is 1.50 bits per heavy atom. The molecule has 48 heavy (non-hydrogen) atoms. The molecule has 0 radical (unpaired) electrons. The molecule has 0 fully saturated rings. The number of pyridine rings is 1. The molecule has 252 valence electrons. The first-order valence-electron chi connectivity index (χ1n) is 15.6. The van der Waals surface area contributed by atoms with Crippen LogP contribution in [0.15, 0.2) is 97.1 Å². The van der Waals surface area contributed by atoms with E-state index in [9.17, 15) is 24.3 Å². The lowest BCUT2D eigenvalue weighted by Crippen LogP contribution is -2.63. The minimum Gasteiger partial charge on any atom is -0.443 e. The van der Waals surface area contributed by atoms with Crippen molar-refractivity contribution in [1.82, 2.24) is 26.1 Å². The fraction of sp³-hybridized carbons (Fsp3) is 0.306. The van der Waals surface area contributed by atoms with Crippen LogP contribution in [0.1, 0.15) is 55.2 Å². The first-order chi connectivity index (χ1) is 22.8. The molecule has 0 unspecified atom stereocenters. The van der Waals surface area contributed by atoms with Crippen LogP contribution in [-0.2, 0) is 27.3 Å². The number of fused-ring (bicyclic) bond motifs is 1. The van der Waals surface area contributed by atoms with Gasteiger partial charge in [0, 0.05) is 24.5 Å². The smallest absolute Gasteiger partial charge is 0.422 e. The van der Waals surface area contributed by atoms with Crippen LogP contribution in [0, 0.1) is 0 Å². The van der Waals surface area contributed by atoms with Crippen LogP contribution in [0.2, 0.25) is 0 Å². The molecule has 3 aromatic carbocycles. The van der Waals surface area contributed by atoms with E-state index in [1.807, 2.05) is 72.8 Å². The molecule has 6 N–H and O–H groups in total. The summed E-state index contributed by atoms with van der Waals surface area (Å²) in [6.45, 7) is 5.57. The van der Waals surface area contributed by atoms with Gasteiger partial charge in [0.05, 0.1) is 11.9 Å². The molecule has 0 saturated heterocycles. The van der Waals surface area contributed by atoms with Crippen molar-refractivity contribution in [2.45, 2.75) is 63.9 Å². The lowest BCUT2D eigenvalue weighted by Gasteiger charge is -2.32. The maximum Gasteiger partial charge on any atom is 0.422 e. The van der Waals surface area contributed by atoms with Crippen LogP contribution in [0.4, 0.5) is 4.79 Å². The van der Waals surface area contributed by atoms with Crippen molar-refractivity contribution in [3.63, 3.8) is 0 Å². The zero-order valence-electron chi connectivity index (χ0n) is 27.3. The number of carbonyl (C=O) groups is 4. The number of hydrazine groups is 1. The maximum atomic E-state index is 13.8. The van der Waals surface area contributed by atoms with Crippen molar-refractivity contribution in [2.24, 2.45) is 5.73 Å². The number of nitrogens with one attached hydrogen (secondary N) is 3. The molecule has 1 aromatic heterocycles. The molecule has 2 atom stereocenters. The van der Waals surface area contributed by atoms with E-state index < -0.39 is 47.6 Å². The second-order valence-corrected chi connectivity index (χ2v) is 12.5. The van der Waals surface area contributed by atoms with Gasteiger partial charge < -0.3 is 26.2 Å². The zero-order chi connectivity index (χ0) is 34.7. The van der Waals surface area contributed by atoms with Crippen molar-refractivity contribution in [3.05, 3.63) is 114 Å². The van der Waals surface area contributed by atoms with Crippen LogP contribution >= 0.6 is 0 Å². The summed E-state index contributed by atoms with van der Waals surface area (Å²) in [5.41, 5.74) is 7.07. The third kappa shape index (κ3) is 10.9. The quantitative estimate of drug-likeness (QED) is 0.101. The number of ether oxygens (including phenoxy) is 1. The van der Waals surface area contributed by atoms with Gasteiger partial charge in [-0.3, -0.25) is 19.8 Å². The number of benzene rings is 3. The van der Waals surface area contributed by atoms with Crippen LogP contribution in [0.5, 0.6) is 0 Å². The van der Waals surface area contributed by atoms with Gasteiger partial charge in [0.2, 0.25) is 11.6 Å². The predicted octanol–water partition coefficient (Wildman–Crippen LogP) is 3.59. The Morgan fingerprint density at radius 1 is 0.875 bits per heavy atom. The molecule has 1 heterocycles. The number of nitrogens with two attached hydrogens (primary N) is 1. The number of rotatable bonds is 14. The summed E-state index contributed by atoms with van der Waals surface area (Å²) >= 11 is 0. The molecule has 4 amide bonds. The van der Waals surface area contributed by atoms with E-state index >= 15 is 0 Å². The second-order valence-electron chi connectivity index (χ2n) is 12.5. The molecule has 4 aromatic rings. The van der Waals surface area contributed by atoms with Crippen molar-refractivity contribution in [2.75, 3.05) is 6.54 Å². The number of aryl methyl sites for hydroxylation is 1. The van der Waals surface area contributed by atoms with E-state index in [0.717, 1.165) is 16.5 Å². The van der Waals surface area contributed by atoms with Gasteiger partial charge in [0.25, 0.3) is 11.8 Å². The number of amides is 4. The highest BCUT2D eigenvalue weighted by molar-refractivity contribution is 6.00. The number of aliphatic hydroxyl groups is 1. The standard InChI is InChI=1S/C36H42N6O6/c1-35(2,3)48-34(46)41-42(23-26-14-8-5-9-15-26)24-28(20-18-25-12-6-4-7-13-25)38-33(45)36(47,22-31(37)43)40-32(44)30-21-19-27-16-10-11-17-29(27)39-30/h4-17,19,21,28,47H,18,20,22-24H2,1-3H3,(H2,37,43)(H,38,45)(H,40,44)(H,41,46)/t28-,36+/m0/s1. The topological polar surface area (TPSA) is 176 Å². The first kappa shape index (κ1) is 35.5. The number of aromatic nitrogens is 1. The molecule has 0 spiro atoms. The number of hydrogen-bond donors (Lipinski definition) is 5. The molecule has 12 nitrogen and oxygen atoms in total. The second kappa shape index (κ2) is 16.0. The van der Waals surface area contributed by atoms with E-state index in [1.165, 1.54) is 6.07 Å². The Labute approximate surface area is 279 Å². The highest BCUT2D eigenvalue weighted by Crippen LogP contribution is 2.16. The minimum atomic E-state index is -2.70. The van der Waals surface area contributed by atoms with Crippen LogP contribution in [0.3, 0.4) is 0 Å². The summed E-state index contributed by atoms with van der Waals surface area (Å²) in [7, 11) is 0. The van der Waals surface area contributed by atoms with Crippen LogP contribution in [0.25, 0.3) is 10.9 Å². The lowest BCUT2D eigenvalue weighted by molar-refractivity contribution is -0.148. The van der Waals surface area contributed by atoms with E-state index in [1.54, 1.807) is 44.0 Å². The fourth-order valence-corrected chi connectivity index (χ4v) is 5.03. The maximum absolute atomic E-state index is 13.8. The molecule has 12 heteroatoms. The Kier molecular flexibility index (Phi) is 11.8. The molecule has 0 aliphatic rings. The summed E-state index contributed by atoms with van der Waals surface area (Å²) in [4.78, 5) is 56.3. The molecule has 0 bridgehead atoms. The van der Waals surface area contributed by atoms with Gasteiger partial charge in [-0.1, -0.05) is 84.9 Å². The van der Waals surface area contributed by atoms with Crippen LogP contribution in [-0.4, -0.2) is 62.8 Å². The predicted molar refractivity (Wildman–Crippen MR) is 181 cm³/mol.